The van der Waals surface area contributed by atoms with Gasteiger partial charge in [0.2, 0.25) is 0 Å². The predicted octanol–water partition coefficient (Wildman–Crippen LogP) is 3.26. The minimum Gasteiger partial charge on any atom is -0.334 e. The number of piperidine rings is 1. The van der Waals surface area contributed by atoms with Crippen LogP contribution in [0.2, 0.25) is 5.02 Å². The summed E-state index contributed by atoms with van der Waals surface area (Å²) in [5.74, 6) is -0.0458. The highest BCUT2D eigenvalue weighted by atomic mass is 35.5. The molecular formula is C20H23ClN6O. The fourth-order valence-electron chi connectivity index (χ4n) is 3.70. The van der Waals surface area contributed by atoms with E-state index in [4.69, 9.17) is 11.6 Å². The van der Waals surface area contributed by atoms with Crippen molar-refractivity contribution in [1.82, 2.24) is 29.7 Å². The maximum Gasteiger partial charge on any atom is 0.276 e. The number of rotatable bonds is 6. The highest BCUT2D eigenvalue weighted by molar-refractivity contribution is 6.31. The number of aromatic nitrogens is 5. The molecule has 3 aromatic rings. The molecule has 0 bridgehead atoms. The first-order valence-electron chi connectivity index (χ1n) is 9.62. The normalized spacial score (nSPS) is 17.0. The minimum absolute atomic E-state index is 0.0458. The first kappa shape index (κ1) is 18.7. The number of benzene rings is 1. The molecule has 1 saturated heterocycles. The van der Waals surface area contributed by atoms with Crippen molar-refractivity contribution < 1.29 is 4.79 Å². The zero-order chi connectivity index (χ0) is 19.3. The number of likely N-dealkylation sites (tertiary alicyclic amines) is 1. The highest BCUT2D eigenvalue weighted by Gasteiger charge is 2.29. The van der Waals surface area contributed by atoms with Crippen molar-refractivity contribution in [3.05, 3.63) is 65.2 Å². The van der Waals surface area contributed by atoms with Crippen LogP contribution < -0.4 is 0 Å². The van der Waals surface area contributed by atoms with Gasteiger partial charge in [-0.05, 0) is 43.4 Å². The first-order valence-corrected chi connectivity index (χ1v) is 10.0. The molecule has 7 nitrogen and oxygen atoms in total. The van der Waals surface area contributed by atoms with E-state index in [1.54, 1.807) is 17.1 Å². The van der Waals surface area contributed by atoms with E-state index in [1.165, 1.54) is 0 Å². The summed E-state index contributed by atoms with van der Waals surface area (Å²) in [6, 6.07) is 9.74. The molecule has 8 heteroatoms. The van der Waals surface area contributed by atoms with Gasteiger partial charge >= 0.3 is 0 Å². The molecule has 0 spiro atoms. The number of nitrogens with zero attached hydrogens (tertiary/aromatic N) is 6. The van der Waals surface area contributed by atoms with Crippen molar-refractivity contribution >= 4 is 17.5 Å². The van der Waals surface area contributed by atoms with E-state index < -0.39 is 0 Å². The Balaban J connectivity index is 1.43. The van der Waals surface area contributed by atoms with Crippen molar-refractivity contribution in [2.75, 3.05) is 6.54 Å². The minimum atomic E-state index is -0.0458. The summed E-state index contributed by atoms with van der Waals surface area (Å²) >= 11 is 6.22. The fraction of sp³-hybridized carbons (Fsp3) is 0.400. The molecule has 1 fully saturated rings. The summed E-state index contributed by atoms with van der Waals surface area (Å²) < 4.78 is 3.58. The molecule has 0 aliphatic carbocycles. The van der Waals surface area contributed by atoms with Gasteiger partial charge in [0.15, 0.2) is 5.69 Å². The summed E-state index contributed by atoms with van der Waals surface area (Å²) in [6.07, 6.45) is 9.52. The Morgan fingerprint density at radius 2 is 2.07 bits per heavy atom. The maximum atomic E-state index is 13.1. The quantitative estimate of drug-likeness (QED) is 0.639. The van der Waals surface area contributed by atoms with Gasteiger partial charge in [0, 0.05) is 36.5 Å². The highest BCUT2D eigenvalue weighted by Crippen LogP contribution is 2.22. The van der Waals surface area contributed by atoms with Gasteiger partial charge < -0.3 is 4.90 Å². The van der Waals surface area contributed by atoms with Crippen LogP contribution in [0, 0.1) is 0 Å². The summed E-state index contributed by atoms with van der Waals surface area (Å²) in [5.41, 5.74) is 1.33. The summed E-state index contributed by atoms with van der Waals surface area (Å²) in [6.45, 7) is 2.06. The van der Waals surface area contributed by atoms with Crippen molar-refractivity contribution in [2.24, 2.45) is 0 Å². The number of halogens is 1. The Morgan fingerprint density at radius 3 is 2.89 bits per heavy atom. The van der Waals surface area contributed by atoms with E-state index in [-0.39, 0.29) is 11.9 Å². The lowest BCUT2D eigenvalue weighted by molar-refractivity contribution is 0.0587. The smallest absolute Gasteiger partial charge is 0.276 e. The van der Waals surface area contributed by atoms with Crippen molar-refractivity contribution in [1.29, 1.82) is 0 Å². The van der Waals surface area contributed by atoms with Crippen LogP contribution in [0.25, 0.3) is 0 Å². The van der Waals surface area contributed by atoms with Crippen molar-refractivity contribution in [3.8, 4) is 0 Å². The van der Waals surface area contributed by atoms with E-state index in [0.29, 0.717) is 17.3 Å². The van der Waals surface area contributed by atoms with Gasteiger partial charge in [-0.2, -0.15) is 5.10 Å². The predicted molar refractivity (Wildman–Crippen MR) is 106 cm³/mol. The van der Waals surface area contributed by atoms with Crippen LogP contribution in [-0.4, -0.2) is 48.2 Å². The van der Waals surface area contributed by atoms with Crippen LogP contribution in [0.4, 0.5) is 0 Å². The SMILES string of the molecule is O=C(c1cn(Cc2ccccc2Cl)nn1)N1CCCC[C@@H]1CCn1cccn1. The Hall–Kier alpha value is -2.67. The molecule has 1 aliphatic rings. The molecule has 2 aromatic heterocycles. The zero-order valence-electron chi connectivity index (χ0n) is 15.6. The van der Waals surface area contributed by atoms with Crippen molar-refractivity contribution in [3.63, 3.8) is 0 Å². The second kappa shape index (κ2) is 8.56. The van der Waals surface area contributed by atoms with Crippen LogP contribution in [0.15, 0.2) is 48.9 Å². The standard InChI is InChI=1S/C20H23ClN6O/c21-18-8-2-1-6-16(18)14-26-15-19(23-24-26)20(28)27-12-4-3-7-17(27)9-13-25-11-5-10-22-25/h1-2,5-6,8,10-11,15,17H,3-4,7,9,12-14H2/t17-/m1/s1. The lowest BCUT2D eigenvalue weighted by atomic mass is 9.99. The number of aryl methyl sites for hydroxylation is 1. The van der Waals surface area contributed by atoms with Crippen LogP contribution in [-0.2, 0) is 13.1 Å². The Labute approximate surface area is 168 Å². The van der Waals surface area contributed by atoms with E-state index >= 15 is 0 Å². The molecule has 1 amide bonds. The molecule has 1 aromatic carbocycles. The molecule has 3 heterocycles. The molecule has 0 radical (unpaired) electrons. The van der Waals surface area contributed by atoms with Crippen LogP contribution in [0.3, 0.4) is 0 Å². The maximum absolute atomic E-state index is 13.1. The molecule has 1 aliphatic heterocycles. The summed E-state index contributed by atoms with van der Waals surface area (Å²) in [5, 5.41) is 13.2. The first-order chi connectivity index (χ1) is 13.7. The van der Waals surface area contributed by atoms with E-state index in [9.17, 15) is 4.79 Å². The molecule has 4 rings (SSSR count). The Kier molecular flexibility index (Phi) is 5.71. The second-order valence-corrected chi connectivity index (χ2v) is 7.51. The largest absolute Gasteiger partial charge is 0.334 e. The fourth-order valence-corrected chi connectivity index (χ4v) is 3.90. The van der Waals surface area contributed by atoms with Crippen LogP contribution in [0.1, 0.15) is 41.7 Å². The van der Waals surface area contributed by atoms with E-state index in [0.717, 1.165) is 44.3 Å². The number of hydrogen-bond donors (Lipinski definition) is 0. The van der Waals surface area contributed by atoms with Gasteiger partial charge in [0.25, 0.3) is 5.91 Å². The Morgan fingerprint density at radius 1 is 1.18 bits per heavy atom. The third kappa shape index (κ3) is 4.25. The Bertz CT molecular complexity index is 922. The number of amides is 1. The van der Waals surface area contributed by atoms with Gasteiger partial charge in [0.1, 0.15) is 0 Å². The van der Waals surface area contributed by atoms with Gasteiger partial charge in [-0.1, -0.05) is 35.0 Å². The molecule has 1 atom stereocenters. The summed E-state index contributed by atoms with van der Waals surface area (Å²) in [7, 11) is 0. The van der Waals surface area contributed by atoms with E-state index in [2.05, 4.69) is 15.4 Å². The molecule has 0 N–H and O–H groups in total. The van der Waals surface area contributed by atoms with Crippen LogP contribution in [0.5, 0.6) is 0 Å². The van der Waals surface area contributed by atoms with Crippen molar-refractivity contribution in [2.45, 2.75) is 44.8 Å². The van der Waals surface area contributed by atoms with Gasteiger partial charge in [-0.25, -0.2) is 4.68 Å². The molecule has 146 valence electrons. The lowest BCUT2D eigenvalue weighted by Crippen LogP contribution is -2.44. The topological polar surface area (TPSA) is 68.8 Å². The second-order valence-electron chi connectivity index (χ2n) is 7.10. The molecular weight excluding hydrogens is 376 g/mol. The van der Waals surface area contributed by atoms with E-state index in [1.807, 2.05) is 46.1 Å². The van der Waals surface area contributed by atoms with Gasteiger partial charge in [-0.15, -0.1) is 5.10 Å². The third-order valence-corrected chi connectivity index (χ3v) is 5.56. The van der Waals surface area contributed by atoms with Gasteiger partial charge in [-0.3, -0.25) is 9.48 Å². The van der Waals surface area contributed by atoms with Gasteiger partial charge in [0.05, 0.1) is 12.7 Å². The lowest BCUT2D eigenvalue weighted by Gasteiger charge is -2.35. The number of carbonyl (C=O) groups is 1. The monoisotopic (exact) mass is 398 g/mol. The zero-order valence-corrected chi connectivity index (χ0v) is 16.4. The molecule has 28 heavy (non-hydrogen) atoms. The summed E-state index contributed by atoms with van der Waals surface area (Å²) in [4.78, 5) is 15.0. The average Bonchev–Trinajstić information content (AvgIpc) is 3.40. The molecule has 0 unspecified atom stereocenters. The molecule has 0 saturated carbocycles. The number of hydrogen-bond acceptors (Lipinski definition) is 4. The average molecular weight is 399 g/mol. The third-order valence-electron chi connectivity index (χ3n) is 5.19. The number of carbonyl (C=O) groups excluding carboxylic acids is 1. The van der Waals surface area contributed by atoms with Crippen LogP contribution >= 0.6 is 11.6 Å².